The molecule has 27 heavy (non-hydrogen) atoms. The van der Waals surface area contributed by atoms with E-state index in [1.807, 2.05) is 18.2 Å². The Bertz CT molecular complexity index is 1040. The first-order valence-electron chi connectivity index (χ1n) is 7.66. The standard InChI is InChI=1S/C19H13ClN2O3S2/c1-25-15-5-3-12(19(23)24)9-17(15)27-22-14-8-11(10-21)2-4-13(14)16-6-7-18(20)26-16/h2-9,22H,1H3,(H,23,24). The van der Waals surface area contributed by atoms with E-state index in [4.69, 9.17) is 16.3 Å². The summed E-state index contributed by atoms with van der Waals surface area (Å²) in [5.41, 5.74) is 2.29. The molecule has 1 heterocycles. The van der Waals surface area contributed by atoms with Crippen LogP contribution in [0.2, 0.25) is 4.34 Å². The molecule has 0 radical (unpaired) electrons. The molecule has 2 aromatic carbocycles. The normalized spacial score (nSPS) is 10.3. The number of methoxy groups -OCH3 is 1. The van der Waals surface area contributed by atoms with Crippen LogP contribution in [0.1, 0.15) is 15.9 Å². The molecule has 0 spiro atoms. The molecule has 0 saturated carbocycles. The highest BCUT2D eigenvalue weighted by Crippen LogP contribution is 2.39. The molecule has 0 bridgehead atoms. The van der Waals surface area contributed by atoms with E-state index < -0.39 is 5.97 Å². The number of hydrogen-bond donors (Lipinski definition) is 2. The van der Waals surface area contributed by atoms with Gasteiger partial charge in [-0.15, -0.1) is 11.3 Å². The summed E-state index contributed by atoms with van der Waals surface area (Å²) in [7, 11) is 1.52. The Morgan fingerprint density at radius 2 is 2.07 bits per heavy atom. The maximum absolute atomic E-state index is 11.2. The van der Waals surface area contributed by atoms with E-state index in [2.05, 4.69) is 10.8 Å². The number of carboxylic acids is 1. The Balaban J connectivity index is 1.95. The number of halogens is 1. The molecular weight excluding hydrogens is 404 g/mol. The summed E-state index contributed by atoms with van der Waals surface area (Å²) in [6, 6.07) is 15.8. The van der Waals surface area contributed by atoms with E-state index in [0.717, 1.165) is 16.1 Å². The fraction of sp³-hybridized carbons (Fsp3) is 0.0526. The van der Waals surface area contributed by atoms with Gasteiger partial charge in [0, 0.05) is 10.4 Å². The molecule has 0 saturated heterocycles. The molecule has 3 aromatic rings. The molecule has 0 aliphatic carbocycles. The van der Waals surface area contributed by atoms with Crippen molar-refractivity contribution in [3.05, 3.63) is 64.0 Å². The van der Waals surface area contributed by atoms with Crippen LogP contribution in [0, 0.1) is 11.3 Å². The predicted octanol–water partition coefficient (Wildman–Crippen LogP) is 5.77. The Morgan fingerprint density at radius 3 is 2.70 bits per heavy atom. The maximum atomic E-state index is 11.2. The van der Waals surface area contributed by atoms with Crippen LogP contribution < -0.4 is 9.46 Å². The summed E-state index contributed by atoms with van der Waals surface area (Å²) >= 11 is 8.70. The molecule has 0 atom stereocenters. The number of ether oxygens (including phenoxy) is 1. The zero-order valence-corrected chi connectivity index (χ0v) is 16.4. The highest BCUT2D eigenvalue weighted by Gasteiger charge is 2.13. The van der Waals surface area contributed by atoms with E-state index in [-0.39, 0.29) is 5.56 Å². The Hall–Kier alpha value is -2.66. The minimum absolute atomic E-state index is 0.163. The van der Waals surface area contributed by atoms with E-state index in [9.17, 15) is 15.2 Å². The summed E-state index contributed by atoms with van der Waals surface area (Å²) in [4.78, 5) is 12.8. The van der Waals surface area contributed by atoms with Crippen LogP contribution in [0.3, 0.4) is 0 Å². The second-order valence-electron chi connectivity index (χ2n) is 5.35. The zero-order chi connectivity index (χ0) is 19.4. The van der Waals surface area contributed by atoms with Gasteiger partial charge in [-0.05, 0) is 54.4 Å². The largest absolute Gasteiger partial charge is 0.496 e. The van der Waals surface area contributed by atoms with Gasteiger partial charge in [0.2, 0.25) is 0 Å². The first kappa shape index (κ1) is 19.1. The molecule has 136 valence electrons. The molecule has 3 rings (SSSR count). The molecular formula is C19H13ClN2O3S2. The Morgan fingerprint density at radius 1 is 1.26 bits per heavy atom. The van der Waals surface area contributed by atoms with E-state index in [1.165, 1.54) is 42.5 Å². The number of rotatable bonds is 6. The molecule has 8 heteroatoms. The lowest BCUT2D eigenvalue weighted by Crippen LogP contribution is -1.99. The second-order valence-corrected chi connectivity index (χ2v) is 7.91. The van der Waals surface area contributed by atoms with Crippen molar-refractivity contribution in [1.29, 1.82) is 5.26 Å². The number of thiophene rings is 1. The first-order valence-corrected chi connectivity index (χ1v) is 9.67. The minimum atomic E-state index is -1.01. The number of nitriles is 1. The van der Waals surface area contributed by atoms with Crippen LogP contribution in [0.15, 0.2) is 53.4 Å². The average Bonchev–Trinajstić information content (AvgIpc) is 3.11. The van der Waals surface area contributed by atoms with Crippen LogP contribution >= 0.6 is 34.9 Å². The lowest BCUT2D eigenvalue weighted by atomic mass is 10.1. The van der Waals surface area contributed by atoms with Crippen molar-refractivity contribution >= 4 is 46.5 Å². The van der Waals surface area contributed by atoms with Crippen molar-refractivity contribution in [1.82, 2.24) is 0 Å². The van der Waals surface area contributed by atoms with Gasteiger partial charge >= 0.3 is 5.97 Å². The molecule has 0 aliphatic heterocycles. The van der Waals surface area contributed by atoms with Gasteiger partial charge in [0.25, 0.3) is 0 Å². The molecule has 1 aromatic heterocycles. The molecule has 0 unspecified atom stereocenters. The predicted molar refractivity (Wildman–Crippen MR) is 109 cm³/mol. The Labute approximate surface area is 169 Å². The molecule has 0 fully saturated rings. The van der Waals surface area contributed by atoms with Gasteiger partial charge in [-0.3, -0.25) is 0 Å². The first-order chi connectivity index (χ1) is 13.0. The van der Waals surface area contributed by atoms with Gasteiger partial charge in [0.05, 0.1) is 39.2 Å². The molecule has 0 aliphatic rings. The SMILES string of the molecule is COc1ccc(C(=O)O)cc1SNc1cc(C#N)ccc1-c1ccc(Cl)s1. The number of anilines is 1. The number of hydrogen-bond acceptors (Lipinski definition) is 6. The maximum Gasteiger partial charge on any atom is 0.335 e. The van der Waals surface area contributed by atoms with Gasteiger partial charge in [0.1, 0.15) is 5.75 Å². The van der Waals surface area contributed by atoms with Crippen LogP contribution in [0.25, 0.3) is 10.4 Å². The third-order valence-electron chi connectivity index (χ3n) is 3.67. The summed E-state index contributed by atoms with van der Waals surface area (Å²) in [6.07, 6.45) is 0. The zero-order valence-electron chi connectivity index (χ0n) is 14.0. The lowest BCUT2D eigenvalue weighted by molar-refractivity contribution is 0.0696. The topological polar surface area (TPSA) is 82.3 Å². The van der Waals surface area contributed by atoms with E-state index in [0.29, 0.717) is 20.5 Å². The summed E-state index contributed by atoms with van der Waals surface area (Å²) in [5, 5.41) is 18.4. The summed E-state index contributed by atoms with van der Waals surface area (Å²) < 4.78 is 9.19. The van der Waals surface area contributed by atoms with Gasteiger partial charge in [-0.1, -0.05) is 17.7 Å². The van der Waals surface area contributed by atoms with Crippen molar-refractivity contribution in [2.45, 2.75) is 4.90 Å². The number of nitrogens with one attached hydrogen (secondary N) is 1. The highest BCUT2D eigenvalue weighted by atomic mass is 35.5. The van der Waals surface area contributed by atoms with Crippen LogP contribution in [0.5, 0.6) is 5.75 Å². The summed E-state index contributed by atoms with van der Waals surface area (Å²) in [6.45, 7) is 0. The van der Waals surface area contributed by atoms with Crippen molar-refractivity contribution in [2.24, 2.45) is 0 Å². The van der Waals surface area contributed by atoms with E-state index >= 15 is 0 Å². The van der Waals surface area contributed by atoms with Gasteiger partial charge < -0.3 is 14.6 Å². The van der Waals surface area contributed by atoms with Crippen LogP contribution in [-0.2, 0) is 0 Å². The van der Waals surface area contributed by atoms with Crippen molar-refractivity contribution < 1.29 is 14.6 Å². The second kappa shape index (κ2) is 8.35. The number of benzene rings is 2. The Kier molecular flexibility index (Phi) is 5.91. The smallest absolute Gasteiger partial charge is 0.335 e. The van der Waals surface area contributed by atoms with Crippen molar-refractivity contribution in [3.63, 3.8) is 0 Å². The van der Waals surface area contributed by atoms with Gasteiger partial charge in [-0.25, -0.2) is 4.79 Å². The number of carbonyl (C=O) groups is 1. The molecule has 5 nitrogen and oxygen atoms in total. The van der Waals surface area contributed by atoms with Gasteiger partial charge in [-0.2, -0.15) is 5.26 Å². The minimum Gasteiger partial charge on any atom is -0.496 e. The highest BCUT2D eigenvalue weighted by molar-refractivity contribution is 8.00. The number of carboxylic acid groups (broad SMARTS) is 1. The fourth-order valence-electron chi connectivity index (χ4n) is 2.37. The van der Waals surface area contributed by atoms with Crippen molar-refractivity contribution in [2.75, 3.05) is 11.8 Å². The number of aromatic carboxylic acids is 1. The lowest BCUT2D eigenvalue weighted by Gasteiger charge is -2.13. The molecule has 2 N–H and O–H groups in total. The third-order valence-corrected chi connectivity index (χ3v) is 5.79. The quantitative estimate of drug-likeness (QED) is 0.496. The van der Waals surface area contributed by atoms with Gasteiger partial charge in [0.15, 0.2) is 0 Å². The van der Waals surface area contributed by atoms with E-state index in [1.54, 1.807) is 18.2 Å². The average molecular weight is 417 g/mol. The fourth-order valence-corrected chi connectivity index (χ4v) is 4.28. The third kappa shape index (κ3) is 4.37. The number of nitrogens with zero attached hydrogens (tertiary/aromatic N) is 1. The molecule has 0 amide bonds. The summed E-state index contributed by atoms with van der Waals surface area (Å²) in [5.74, 6) is -0.463. The monoisotopic (exact) mass is 416 g/mol. The van der Waals surface area contributed by atoms with Crippen molar-refractivity contribution in [3.8, 4) is 22.3 Å². The van der Waals surface area contributed by atoms with Crippen LogP contribution in [0.4, 0.5) is 5.69 Å². The van der Waals surface area contributed by atoms with Crippen LogP contribution in [-0.4, -0.2) is 18.2 Å².